The Morgan fingerprint density at radius 1 is 1.12 bits per heavy atom. The van der Waals surface area contributed by atoms with Gasteiger partial charge >= 0.3 is 0 Å². The minimum absolute atomic E-state index is 0.351. The van der Waals surface area contributed by atoms with Gasteiger partial charge in [-0.15, -0.1) is 5.10 Å². The van der Waals surface area contributed by atoms with E-state index < -0.39 is 0 Å². The molecule has 0 amide bonds. The van der Waals surface area contributed by atoms with Crippen LogP contribution < -0.4 is 4.90 Å². The minimum atomic E-state index is 0.351. The van der Waals surface area contributed by atoms with Gasteiger partial charge in [-0.3, -0.25) is 4.90 Å². The van der Waals surface area contributed by atoms with E-state index in [0.29, 0.717) is 23.2 Å². The number of furan rings is 1. The van der Waals surface area contributed by atoms with E-state index in [1.807, 2.05) is 18.2 Å². The number of anilines is 1. The Morgan fingerprint density at radius 3 is 2.68 bits per heavy atom. The normalized spacial score (nSPS) is 15.6. The zero-order valence-electron chi connectivity index (χ0n) is 13.5. The van der Waals surface area contributed by atoms with E-state index in [2.05, 4.69) is 21.0 Å². The van der Waals surface area contributed by atoms with Gasteiger partial charge in [0.05, 0.1) is 12.9 Å². The van der Waals surface area contributed by atoms with Crippen LogP contribution in [-0.2, 0) is 6.67 Å². The van der Waals surface area contributed by atoms with Crippen molar-refractivity contribution in [2.24, 2.45) is 0 Å². The topological polar surface area (TPSA) is 50.6 Å². The summed E-state index contributed by atoms with van der Waals surface area (Å²) in [4.78, 5) is 4.98. The quantitative estimate of drug-likeness (QED) is 0.644. The van der Waals surface area contributed by atoms with E-state index in [9.17, 15) is 0 Å². The number of rotatable bonds is 4. The molecule has 6 nitrogen and oxygen atoms in total. The van der Waals surface area contributed by atoms with E-state index in [0.717, 1.165) is 36.9 Å². The summed E-state index contributed by atoms with van der Waals surface area (Å²) in [6, 6.07) is 11.6. The lowest BCUT2D eigenvalue weighted by atomic mass is 10.2. The molecule has 2 aromatic heterocycles. The van der Waals surface area contributed by atoms with Crippen LogP contribution in [0.15, 0.2) is 51.5 Å². The van der Waals surface area contributed by atoms with Crippen molar-refractivity contribution in [2.75, 3.05) is 31.1 Å². The van der Waals surface area contributed by atoms with Gasteiger partial charge < -0.3 is 13.7 Å². The molecular weight excluding hydrogens is 360 g/mol. The molecule has 0 unspecified atom stereocenters. The smallest absolute Gasteiger partial charge is 0.288 e. The summed E-state index contributed by atoms with van der Waals surface area (Å²) < 4.78 is 12.5. The average molecular weight is 377 g/mol. The number of hydrogen-bond donors (Lipinski definition) is 0. The molecule has 1 aliphatic heterocycles. The van der Waals surface area contributed by atoms with Gasteiger partial charge in [0.2, 0.25) is 0 Å². The highest BCUT2D eigenvalue weighted by Gasteiger charge is 2.19. The molecule has 0 N–H and O–H groups in total. The van der Waals surface area contributed by atoms with Crippen LogP contribution in [0.25, 0.3) is 11.7 Å². The first-order chi connectivity index (χ1) is 12.2. The Labute approximate surface area is 155 Å². The molecule has 3 heterocycles. The molecule has 130 valence electrons. The summed E-state index contributed by atoms with van der Waals surface area (Å²) in [6.07, 6.45) is 1.59. The highest BCUT2D eigenvalue weighted by Crippen LogP contribution is 2.21. The Morgan fingerprint density at radius 2 is 1.96 bits per heavy atom. The minimum Gasteiger partial charge on any atom is -0.459 e. The second-order valence-electron chi connectivity index (χ2n) is 5.88. The Hall–Kier alpha value is -2.09. The van der Waals surface area contributed by atoms with E-state index in [1.54, 1.807) is 23.1 Å². The highest BCUT2D eigenvalue weighted by molar-refractivity contribution is 7.71. The highest BCUT2D eigenvalue weighted by atomic mass is 35.5. The van der Waals surface area contributed by atoms with Gasteiger partial charge in [-0.05, 0) is 42.5 Å². The van der Waals surface area contributed by atoms with Gasteiger partial charge in [-0.25, -0.2) is 4.68 Å². The Balaban J connectivity index is 1.40. The number of halogens is 1. The lowest BCUT2D eigenvalue weighted by molar-refractivity contribution is 0.192. The largest absolute Gasteiger partial charge is 0.459 e. The molecule has 0 saturated carbocycles. The van der Waals surface area contributed by atoms with Gasteiger partial charge in [-0.2, -0.15) is 0 Å². The molecule has 1 fully saturated rings. The van der Waals surface area contributed by atoms with Crippen LogP contribution in [0.5, 0.6) is 0 Å². The second-order valence-corrected chi connectivity index (χ2v) is 6.66. The lowest BCUT2D eigenvalue weighted by Crippen LogP contribution is -2.46. The van der Waals surface area contributed by atoms with Crippen molar-refractivity contribution in [3.63, 3.8) is 0 Å². The van der Waals surface area contributed by atoms with Gasteiger partial charge in [0.1, 0.15) is 0 Å². The third-order valence-electron chi connectivity index (χ3n) is 4.22. The van der Waals surface area contributed by atoms with Crippen LogP contribution >= 0.6 is 23.8 Å². The van der Waals surface area contributed by atoms with Gasteiger partial charge in [-0.1, -0.05) is 17.7 Å². The predicted molar refractivity (Wildman–Crippen MR) is 98.3 cm³/mol. The van der Waals surface area contributed by atoms with Crippen molar-refractivity contribution in [1.29, 1.82) is 0 Å². The molecule has 0 atom stereocenters. The molecular formula is C17H17ClN4O2S. The molecule has 0 bridgehead atoms. The van der Waals surface area contributed by atoms with Gasteiger partial charge in [0.25, 0.3) is 10.7 Å². The van der Waals surface area contributed by atoms with Crippen molar-refractivity contribution < 1.29 is 8.83 Å². The molecule has 0 aliphatic carbocycles. The first-order valence-corrected chi connectivity index (χ1v) is 8.82. The summed E-state index contributed by atoms with van der Waals surface area (Å²) in [5.41, 5.74) is 1.16. The number of hydrogen-bond acceptors (Lipinski definition) is 6. The molecule has 0 radical (unpaired) electrons. The molecule has 1 aromatic carbocycles. The van der Waals surface area contributed by atoms with Crippen LogP contribution in [0, 0.1) is 4.84 Å². The van der Waals surface area contributed by atoms with Crippen LogP contribution in [-0.4, -0.2) is 40.9 Å². The molecule has 1 aliphatic rings. The van der Waals surface area contributed by atoms with Crippen LogP contribution in [0.2, 0.25) is 5.02 Å². The third-order valence-corrected chi connectivity index (χ3v) is 4.75. The van der Waals surface area contributed by atoms with Crippen molar-refractivity contribution in [1.82, 2.24) is 14.7 Å². The SMILES string of the molecule is S=c1oc(-c2ccco2)nn1CN1CCN(c2cccc(Cl)c2)CC1. The Kier molecular flexibility index (Phi) is 4.61. The zero-order chi connectivity index (χ0) is 17.2. The van der Waals surface area contributed by atoms with Crippen molar-refractivity contribution in [2.45, 2.75) is 6.67 Å². The fraction of sp³-hybridized carbons (Fsp3) is 0.294. The van der Waals surface area contributed by atoms with E-state index in [-0.39, 0.29) is 0 Å². The monoisotopic (exact) mass is 376 g/mol. The number of benzene rings is 1. The van der Waals surface area contributed by atoms with Crippen LogP contribution in [0.1, 0.15) is 0 Å². The molecule has 4 rings (SSSR count). The maximum Gasteiger partial charge on any atom is 0.288 e. The Bertz CT molecular complexity index is 898. The maximum atomic E-state index is 6.08. The summed E-state index contributed by atoms with van der Waals surface area (Å²) in [7, 11) is 0. The fourth-order valence-electron chi connectivity index (χ4n) is 2.91. The number of aromatic nitrogens is 2. The van der Waals surface area contributed by atoms with Crippen molar-refractivity contribution in [3.8, 4) is 11.7 Å². The van der Waals surface area contributed by atoms with Crippen molar-refractivity contribution >= 4 is 29.5 Å². The van der Waals surface area contributed by atoms with Crippen molar-refractivity contribution in [3.05, 3.63) is 52.5 Å². The maximum absolute atomic E-state index is 6.08. The average Bonchev–Trinajstić information content (AvgIpc) is 3.26. The lowest BCUT2D eigenvalue weighted by Gasteiger charge is -2.35. The summed E-state index contributed by atoms with van der Waals surface area (Å²) in [5, 5.41) is 5.18. The number of nitrogens with zero attached hydrogens (tertiary/aromatic N) is 4. The molecule has 1 saturated heterocycles. The van der Waals surface area contributed by atoms with E-state index >= 15 is 0 Å². The standard InChI is InChI=1S/C17H17ClN4O2S/c18-13-3-1-4-14(11-13)21-8-6-20(7-9-21)12-22-17(25)24-16(19-22)15-5-2-10-23-15/h1-5,10-11H,6-9,12H2. The third kappa shape index (κ3) is 3.63. The fourth-order valence-corrected chi connectivity index (χ4v) is 3.27. The second kappa shape index (κ2) is 7.03. The van der Waals surface area contributed by atoms with Gasteiger partial charge in [0.15, 0.2) is 5.76 Å². The first kappa shape index (κ1) is 16.4. The molecule has 3 aromatic rings. The molecule has 0 spiro atoms. The molecule has 8 heteroatoms. The van der Waals surface area contributed by atoms with E-state index in [4.69, 9.17) is 32.7 Å². The summed E-state index contributed by atoms with van der Waals surface area (Å²) in [5.74, 6) is 0.989. The zero-order valence-corrected chi connectivity index (χ0v) is 15.0. The summed E-state index contributed by atoms with van der Waals surface area (Å²) >= 11 is 11.4. The summed E-state index contributed by atoms with van der Waals surface area (Å²) in [6.45, 7) is 4.29. The first-order valence-electron chi connectivity index (χ1n) is 8.04. The molecule has 25 heavy (non-hydrogen) atoms. The van der Waals surface area contributed by atoms with E-state index in [1.165, 1.54) is 0 Å². The van der Waals surface area contributed by atoms with Crippen LogP contribution in [0.4, 0.5) is 5.69 Å². The number of piperazine rings is 1. The van der Waals surface area contributed by atoms with Crippen LogP contribution in [0.3, 0.4) is 0 Å². The van der Waals surface area contributed by atoms with Gasteiger partial charge in [0, 0.05) is 36.9 Å². The predicted octanol–water partition coefficient (Wildman–Crippen LogP) is 3.90.